The SMILES string of the molecule is CCOC(=O)c1[nH]cc2c1N=C1CN(OC(C)(C)C)CC(=O)C1C2c1ccc(Sc2nc3ccc(F)cc3[nH]2)o1. The Labute approximate surface area is 233 Å². The molecular weight excluding hydrogens is 537 g/mol. The fourth-order valence-corrected chi connectivity index (χ4v) is 5.94. The maximum Gasteiger partial charge on any atom is 0.357 e. The number of nitrogens with zero attached hydrogens (tertiary/aromatic N) is 3. The summed E-state index contributed by atoms with van der Waals surface area (Å²) in [5, 5.41) is 2.70. The summed E-state index contributed by atoms with van der Waals surface area (Å²) in [7, 11) is 0. The van der Waals surface area contributed by atoms with Crippen LogP contribution < -0.4 is 0 Å². The van der Waals surface area contributed by atoms with Crippen molar-refractivity contribution in [2.24, 2.45) is 10.9 Å². The molecule has 0 bridgehead atoms. The molecule has 0 saturated carbocycles. The van der Waals surface area contributed by atoms with Gasteiger partial charge in [-0.2, -0.15) is 5.06 Å². The molecule has 4 aromatic rings. The normalized spacial score (nSPS) is 19.4. The third-order valence-corrected chi connectivity index (χ3v) is 7.40. The lowest BCUT2D eigenvalue weighted by Crippen LogP contribution is -2.52. The van der Waals surface area contributed by atoms with Gasteiger partial charge in [-0.3, -0.25) is 14.6 Å². The topological polar surface area (TPSA) is 126 Å². The Morgan fingerprint density at radius 1 is 1.23 bits per heavy atom. The summed E-state index contributed by atoms with van der Waals surface area (Å²) >= 11 is 1.26. The first-order valence-electron chi connectivity index (χ1n) is 12.9. The first-order chi connectivity index (χ1) is 19.1. The highest BCUT2D eigenvalue weighted by Crippen LogP contribution is 2.47. The number of rotatable bonds is 6. The van der Waals surface area contributed by atoms with Gasteiger partial charge in [-0.1, -0.05) is 0 Å². The first kappa shape index (κ1) is 26.5. The lowest BCUT2D eigenvalue weighted by molar-refractivity contribution is -0.222. The number of hydrogen-bond acceptors (Lipinski definition) is 9. The lowest BCUT2D eigenvalue weighted by Gasteiger charge is -2.39. The number of imidazole rings is 1. The summed E-state index contributed by atoms with van der Waals surface area (Å²) in [6.45, 7) is 8.10. The number of hydroxylamine groups is 2. The van der Waals surface area contributed by atoms with Gasteiger partial charge in [0, 0.05) is 17.5 Å². The number of nitrogens with one attached hydrogen (secondary N) is 2. The average molecular weight is 566 g/mol. The lowest BCUT2D eigenvalue weighted by atomic mass is 9.75. The van der Waals surface area contributed by atoms with E-state index in [2.05, 4.69) is 15.0 Å². The number of carbonyl (C=O) groups is 2. The molecule has 10 nitrogen and oxygen atoms in total. The van der Waals surface area contributed by atoms with Gasteiger partial charge in [0.05, 0.1) is 53.9 Å². The summed E-state index contributed by atoms with van der Waals surface area (Å²) in [5.74, 6) is -1.48. The molecule has 5 heterocycles. The Balaban J connectivity index is 1.36. The van der Waals surface area contributed by atoms with E-state index < -0.39 is 23.4 Å². The van der Waals surface area contributed by atoms with Crippen molar-refractivity contribution in [3.05, 3.63) is 59.4 Å². The molecule has 6 rings (SSSR count). The third kappa shape index (κ3) is 4.98. The van der Waals surface area contributed by atoms with Crippen LogP contribution >= 0.6 is 11.8 Å². The minimum absolute atomic E-state index is 0.0614. The minimum Gasteiger partial charge on any atom is -0.461 e. The number of furan rings is 1. The van der Waals surface area contributed by atoms with Crippen molar-refractivity contribution in [3.8, 4) is 0 Å². The second kappa shape index (κ2) is 10.0. The maximum absolute atomic E-state index is 13.6. The van der Waals surface area contributed by atoms with Gasteiger partial charge in [-0.15, -0.1) is 0 Å². The van der Waals surface area contributed by atoms with E-state index in [4.69, 9.17) is 19.0 Å². The Morgan fingerprint density at radius 3 is 2.83 bits per heavy atom. The van der Waals surface area contributed by atoms with Crippen LogP contribution in [0.5, 0.6) is 0 Å². The second-order valence-corrected chi connectivity index (χ2v) is 11.7. The van der Waals surface area contributed by atoms with Crippen molar-refractivity contribution in [1.82, 2.24) is 20.0 Å². The highest BCUT2D eigenvalue weighted by Gasteiger charge is 2.46. The van der Waals surface area contributed by atoms with Crippen LogP contribution in [0.15, 0.2) is 56.2 Å². The number of piperidine rings is 1. The molecule has 208 valence electrons. The number of ether oxygens (including phenoxy) is 1. The van der Waals surface area contributed by atoms with Gasteiger partial charge in [0.2, 0.25) is 0 Å². The summed E-state index contributed by atoms with van der Waals surface area (Å²) in [5.41, 5.74) is 2.67. The van der Waals surface area contributed by atoms with E-state index in [1.54, 1.807) is 30.3 Å². The number of hydrogen-bond donors (Lipinski definition) is 2. The average Bonchev–Trinajstić information content (AvgIpc) is 3.60. The largest absolute Gasteiger partial charge is 0.461 e. The first-order valence-corrected chi connectivity index (χ1v) is 13.8. The fourth-order valence-electron chi connectivity index (χ4n) is 5.17. The molecule has 0 spiro atoms. The van der Waals surface area contributed by atoms with Crippen LogP contribution in [0.3, 0.4) is 0 Å². The van der Waals surface area contributed by atoms with E-state index in [0.29, 0.717) is 50.5 Å². The number of ketones is 1. The molecule has 0 aliphatic carbocycles. The fraction of sp³-hybridized carbons (Fsp3) is 0.357. The monoisotopic (exact) mass is 565 g/mol. The molecule has 2 aliphatic rings. The molecule has 12 heteroatoms. The van der Waals surface area contributed by atoms with Crippen molar-refractivity contribution in [1.29, 1.82) is 0 Å². The minimum atomic E-state index is -0.587. The summed E-state index contributed by atoms with van der Waals surface area (Å²) < 4.78 is 25.1. The number of H-pyrrole nitrogens is 2. The number of Topliss-reactive ketones (excluding diaryl/α,β-unsaturated/α-hetero) is 1. The van der Waals surface area contributed by atoms with Crippen LogP contribution in [0, 0.1) is 11.7 Å². The number of aromatic amines is 2. The molecule has 0 radical (unpaired) electrons. The van der Waals surface area contributed by atoms with Gasteiger partial charge in [0.25, 0.3) is 0 Å². The van der Waals surface area contributed by atoms with Gasteiger partial charge >= 0.3 is 5.97 Å². The maximum atomic E-state index is 13.6. The molecule has 1 saturated heterocycles. The zero-order valence-electron chi connectivity index (χ0n) is 22.4. The van der Waals surface area contributed by atoms with Crippen LogP contribution in [0.2, 0.25) is 0 Å². The molecule has 2 aliphatic heterocycles. The molecule has 0 amide bonds. The van der Waals surface area contributed by atoms with Gasteiger partial charge in [-0.25, -0.2) is 14.2 Å². The van der Waals surface area contributed by atoms with Crippen LogP contribution in [0.4, 0.5) is 10.1 Å². The van der Waals surface area contributed by atoms with Crippen molar-refractivity contribution in [2.75, 3.05) is 19.7 Å². The molecule has 1 aromatic carbocycles. The van der Waals surface area contributed by atoms with E-state index in [-0.39, 0.29) is 30.4 Å². The smallest absolute Gasteiger partial charge is 0.357 e. The van der Waals surface area contributed by atoms with Crippen LogP contribution in [-0.4, -0.2) is 62.8 Å². The number of fused-ring (bicyclic) bond motifs is 3. The quantitative estimate of drug-likeness (QED) is 0.298. The molecule has 2 atom stereocenters. The second-order valence-electron chi connectivity index (χ2n) is 10.7. The van der Waals surface area contributed by atoms with E-state index >= 15 is 0 Å². The Morgan fingerprint density at radius 2 is 2.05 bits per heavy atom. The van der Waals surface area contributed by atoms with Crippen LogP contribution in [0.1, 0.15) is 55.4 Å². The molecule has 3 aromatic heterocycles. The molecule has 1 fully saturated rings. The van der Waals surface area contributed by atoms with Gasteiger partial charge in [0.15, 0.2) is 21.7 Å². The van der Waals surface area contributed by atoms with E-state index in [1.165, 1.54) is 23.9 Å². The van der Waals surface area contributed by atoms with Gasteiger partial charge < -0.3 is 19.1 Å². The van der Waals surface area contributed by atoms with Crippen LogP contribution in [0.25, 0.3) is 11.0 Å². The highest BCUT2D eigenvalue weighted by atomic mass is 32.2. The Bertz CT molecular complexity index is 1650. The number of carbonyl (C=O) groups excluding carboxylic acids is 2. The predicted molar refractivity (Wildman–Crippen MR) is 145 cm³/mol. The molecular formula is C28H28FN5O5S. The Kier molecular flexibility index (Phi) is 6.64. The standard InChI is InChI=1S/C28H28FN5O5S/c1-5-37-26(36)25-24-15(11-30-25)22(23-18(31-24)12-34(13-19(23)35)39-28(2,3)4)20-8-9-21(38-20)40-27-32-16-7-6-14(29)10-17(16)33-27/h6-11,22-23,30H,5,12-13H2,1-4H3,(H,32,33). The molecule has 40 heavy (non-hydrogen) atoms. The molecule has 2 unspecified atom stereocenters. The third-order valence-electron chi connectivity index (χ3n) is 6.59. The van der Waals surface area contributed by atoms with E-state index in [1.807, 2.05) is 26.8 Å². The van der Waals surface area contributed by atoms with Crippen molar-refractivity contribution in [3.63, 3.8) is 0 Å². The summed E-state index contributed by atoms with van der Waals surface area (Å²) in [4.78, 5) is 47.7. The predicted octanol–water partition coefficient (Wildman–Crippen LogP) is 5.40. The number of benzene rings is 1. The van der Waals surface area contributed by atoms with Crippen molar-refractivity contribution in [2.45, 2.75) is 49.5 Å². The number of aliphatic imine (C=N–C) groups is 1. The number of esters is 1. The van der Waals surface area contributed by atoms with Crippen molar-refractivity contribution >= 4 is 45.9 Å². The number of halogens is 1. The van der Waals surface area contributed by atoms with E-state index in [9.17, 15) is 14.0 Å². The summed E-state index contributed by atoms with van der Waals surface area (Å²) in [6.07, 6.45) is 1.70. The Hall–Kier alpha value is -3.74. The van der Waals surface area contributed by atoms with Gasteiger partial charge in [-0.05, 0) is 69.8 Å². The zero-order valence-corrected chi connectivity index (χ0v) is 23.2. The van der Waals surface area contributed by atoms with Crippen molar-refractivity contribution < 1.29 is 28.0 Å². The zero-order chi connectivity index (χ0) is 28.2. The number of aromatic nitrogens is 3. The van der Waals surface area contributed by atoms with E-state index in [0.717, 1.165) is 0 Å². The highest BCUT2D eigenvalue weighted by molar-refractivity contribution is 7.99. The van der Waals surface area contributed by atoms with Crippen LogP contribution in [-0.2, 0) is 14.4 Å². The summed E-state index contributed by atoms with van der Waals surface area (Å²) in [6, 6.07) is 7.99. The van der Waals surface area contributed by atoms with Gasteiger partial charge in [0.1, 0.15) is 11.6 Å². The molecule has 2 N–H and O–H groups in total.